The molecule has 76 valence electrons. The fraction of sp³-hybridized carbons (Fsp3) is 0.400. The fourth-order valence-corrected chi connectivity index (χ4v) is 3.16. The number of nitrogens with two attached hydrogens (primary N) is 1. The topological polar surface area (TPSA) is 26.0 Å². The molecule has 1 nitrogen and oxygen atoms in total. The summed E-state index contributed by atoms with van der Waals surface area (Å²) in [5, 5.41) is 0. The van der Waals surface area contributed by atoms with Crippen LogP contribution in [0.2, 0.25) is 0 Å². The monoisotopic (exact) mass is 247 g/mol. The van der Waals surface area contributed by atoms with Crippen molar-refractivity contribution >= 4 is 40.7 Å². The van der Waals surface area contributed by atoms with Gasteiger partial charge in [0.2, 0.25) is 0 Å². The first-order valence-electron chi connectivity index (χ1n) is 4.45. The Labute approximate surface area is 98.0 Å². The first kappa shape index (κ1) is 10.5. The highest BCUT2D eigenvalue weighted by atomic mass is 35.5. The van der Waals surface area contributed by atoms with Crippen molar-refractivity contribution in [3.8, 4) is 0 Å². The van der Waals surface area contributed by atoms with Gasteiger partial charge in [0.1, 0.15) is 4.33 Å². The number of hydrogen-bond acceptors (Lipinski definition) is 2. The van der Waals surface area contributed by atoms with Crippen LogP contribution < -0.4 is 5.73 Å². The summed E-state index contributed by atoms with van der Waals surface area (Å²) in [6, 6.07) is 7.85. The predicted molar refractivity (Wildman–Crippen MR) is 64.1 cm³/mol. The van der Waals surface area contributed by atoms with Gasteiger partial charge in [0.15, 0.2) is 0 Å². The average Bonchev–Trinajstić information content (AvgIpc) is 2.73. The second-order valence-corrected chi connectivity index (χ2v) is 6.12. The van der Waals surface area contributed by atoms with Crippen molar-refractivity contribution in [2.24, 2.45) is 5.92 Å². The van der Waals surface area contributed by atoms with E-state index in [4.69, 9.17) is 28.9 Å². The molecule has 1 aliphatic rings. The molecular weight excluding hydrogens is 237 g/mol. The molecule has 0 aromatic heterocycles. The molecule has 1 saturated carbocycles. The van der Waals surface area contributed by atoms with Gasteiger partial charge >= 0.3 is 0 Å². The molecular formula is C10H11Cl2NS. The molecule has 2 N–H and O–H groups in total. The number of hydrogen-bond donors (Lipinski definition) is 1. The van der Waals surface area contributed by atoms with Crippen LogP contribution in [0.5, 0.6) is 0 Å². The smallest absolute Gasteiger partial charge is 0.122 e. The number of rotatable bonds is 3. The molecule has 4 heteroatoms. The van der Waals surface area contributed by atoms with E-state index >= 15 is 0 Å². The molecule has 1 aromatic carbocycles. The SMILES string of the molecule is Nc1ccccc1SC[C@@H]1CC1(Cl)Cl. The molecule has 0 bridgehead atoms. The summed E-state index contributed by atoms with van der Waals surface area (Å²) in [4.78, 5) is 1.11. The van der Waals surface area contributed by atoms with Gasteiger partial charge < -0.3 is 5.73 Å². The van der Waals surface area contributed by atoms with E-state index in [9.17, 15) is 0 Å². The molecule has 1 atom stereocenters. The molecule has 1 aromatic rings. The van der Waals surface area contributed by atoms with E-state index in [0.29, 0.717) is 5.92 Å². The second-order valence-electron chi connectivity index (χ2n) is 3.51. The summed E-state index contributed by atoms with van der Waals surface area (Å²) in [6.07, 6.45) is 0.899. The Kier molecular flexibility index (Phi) is 2.87. The molecule has 0 spiro atoms. The summed E-state index contributed by atoms with van der Waals surface area (Å²) >= 11 is 13.6. The van der Waals surface area contributed by atoms with Gasteiger partial charge in [-0.2, -0.15) is 0 Å². The number of anilines is 1. The zero-order valence-electron chi connectivity index (χ0n) is 7.54. The maximum absolute atomic E-state index is 5.93. The number of nitrogen functional groups attached to an aromatic ring is 1. The highest BCUT2D eigenvalue weighted by molar-refractivity contribution is 7.99. The number of benzene rings is 1. The minimum Gasteiger partial charge on any atom is -0.398 e. The van der Waals surface area contributed by atoms with E-state index in [-0.39, 0.29) is 0 Å². The third-order valence-electron chi connectivity index (χ3n) is 2.31. The third kappa shape index (κ3) is 2.30. The van der Waals surface area contributed by atoms with Gasteiger partial charge in [-0.1, -0.05) is 12.1 Å². The molecule has 0 radical (unpaired) electrons. The van der Waals surface area contributed by atoms with Crippen LogP contribution in [0.25, 0.3) is 0 Å². The lowest BCUT2D eigenvalue weighted by Crippen LogP contribution is -1.94. The maximum Gasteiger partial charge on any atom is 0.122 e. The highest BCUT2D eigenvalue weighted by Crippen LogP contribution is 2.55. The van der Waals surface area contributed by atoms with E-state index in [0.717, 1.165) is 22.8 Å². The zero-order chi connectivity index (χ0) is 10.2. The second kappa shape index (κ2) is 3.84. The third-order valence-corrected chi connectivity index (χ3v) is 4.49. The van der Waals surface area contributed by atoms with Gasteiger partial charge in [-0.05, 0) is 18.6 Å². The van der Waals surface area contributed by atoms with Crippen molar-refractivity contribution < 1.29 is 0 Å². The molecule has 14 heavy (non-hydrogen) atoms. The van der Waals surface area contributed by atoms with E-state index < -0.39 is 4.33 Å². The summed E-state index contributed by atoms with van der Waals surface area (Å²) in [6.45, 7) is 0. The largest absolute Gasteiger partial charge is 0.398 e. The first-order valence-corrected chi connectivity index (χ1v) is 6.19. The number of thioether (sulfide) groups is 1. The fourth-order valence-electron chi connectivity index (χ4n) is 1.25. The lowest BCUT2D eigenvalue weighted by molar-refractivity contribution is 0.979. The first-order chi connectivity index (χ1) is 6.59. The van der Waals surface area contributed by atoms with Crippen molar-refractivity contribution in [1.29, 1.82) is 0 Å². The van der Waals surface area contributed by atoms with Crippen molar-refractivity contribution in [1.82, 2.24) is 0 Å². The number of halogens is 2. The van der Waals surface area contributed by atoms with Crippen molar-refractivity contribution in [2.75, 3.05) is 11.5 Å². The van der Waals surface area contributed by atoms with Crippen molar-refractivity contribution in [3.63, 3.8) is 0 Å². The maximum atomic E-state index is 5.93. The normalized spacial score (nSPS) is 23.4. The Morgan fingerprint density at radius 1 is 1.43 bits per heavy atom. The highest BCUT2D eigenvalue weighted by Gasteiger charge is 2.51. The summed E-state index contributed by atoms with van der Waals surface area (Å²) in [7, 11) is 0. The minimum atomic E-state index is -0.476. The Morgan fingerprint density at radius 3 is 2.64 bits per heavy atom. The van der Waals surface area contributed by atoms with Gasteiger partial charge in [-0.15, -0.1) is 35.0 Å². The summed E-state index contributed by atoms with van der Waals surface area (Å²) in [5.41, 5.74) is 6.63. The molecule has 0 unspecified atom stereocenters. The van der Waals surface area contributed by atoms with Crippen LogP contribution in [0.4, 0.5) is 5.69 Å². The number of para-hydroxylation sites is 1. The van der Waals surface area contributed by atoms with Crippen LogP contribution in [0.15, 0.2) is 29.2 Å². The Morgan fingerprint density at radius 2 is 2.07 bits per heavy atom. The predicted octanol–water partition coefficient (Wildman–Crippen LogP) is 3.55. The Bertz CT molecular complexity index is 341. The summed E-state index contributed by atoms with van der Waals surface area (Å²) < 4.78 is -0.476. The molecule has 2 rings (SSSR count). The molecule has 1 aliphatic carbocycles. The van der Waals surface area contributed by atoms with Crippen molar-refractivity contribution in [2.45, 2.75) is 15.6 Å². The van der Waals surface area contributed by atoms with E-state index in [1.54, 1.807) is 11.8 Å². The Balaban J connectivity index is 1.90. The molecule has 1 fully saturated rings. The Hall–Kier alpha value is -0.0500. The quantitative estimate of drug-likeness (QED) is 0.503. The zero-order valence-corrected chi connectivity index (χ0v) is 9.87. The molecule has 0 aliphatic heterocycles. The van der Waals surface area contributed by atoms with Crippen molar-refractivity contribution in [3.05, 3.63) is 24.3 Å². The average molecular weight is 248 g/mol. The van der Waals surface area contributed by atoms with Gasteiger partial charge in [-0.3, -0.25) is 0 Å². The van der Waals surface area contributed by atoms with E-state index in [1.165, 1.54) is 0 Å². The van der Waals surface area contributed by atoms with Crippen LogP contribution in [0, 0.1) is 5.92 Å². The van der Waals surface area contributed by atoms with Crippen LogP contribution in [0.1, 0.15) is 6.42 Å². The summed E-state index contributed by atoms with van der Waals surface area (Å²) in [5.74, 6) is 1.36. The van der Waals surface area contributed by atoms with E-state index in [1.807, 2.05) is 24.3 Å². The van der Waals surface area contributed by atoms with Crippen LogP contribution >= 0.6 is 35.0 Å². The van der Waals surface area contributed by atoms with E-state index in [2.05, 4.69) is 0 Å². The van der Waals surface area contributed by atoms with Gasteiger partial charge in [0.05, 0.1) is 0 Å². The van der Waals surface area contributed by atoms with Crippen LogP contribution in [-0.2, 0) is 0 Å². The minimum absolute atomic E-state index is 0.412. The van der Waals surface area contributed by atoms with Gasteiger partial charge in [-0.25, -0.2) is 0 Å². The molecule has 0 saturated heterocycles. The standard InChI is InChI=1S/C10H11Cl2NS/c11-10(12)5-7(10)6-14-9-4-2-1-3-8(9)13/h1-4,7H,5-6,13H2/t7-/m0/s1. The number of alkyl halides is 2. The molecule has 0 amide bonds. The van der Waals surface area contributed by atoms with Crippen LogP contribution in [0.3, 0.4) is 0 Å². The molecule has 0 heterocycles. The van der Waals surface area contributed by atoms with Gasteiger partial charge in [0.25, 0.3) is 0 Å². The lowest BCUT2D eigenvalue weighted by atomic mass is 10.3. The van der Waals surface area contributed by atoms with Crippen LogP contribution in [-0.4, -0.2) is 10.1 Å². The lowest BCUT2D eigenvalue weighted by Gasteiger charge is -2.04. The van der Waals surface area contributed by atoms with Gasteiger partial charge in [0, 0.05) is 22.3 Å².